The third kappa shape index (κ3) is 2.82. The van der Waals surface area contributed by atoms with Gasteiger partial charge < -0.3 is 10.2 Å². The molecule has 19 heavy (non-hydrogen) atoms. The molecule has 1 aliphatic heterocycles. The average molecular weight is 278 g/mol. The highest BCUT2D eigenvalue weighted by Gasteiger charge is 2.26. The number of amides is 1. The molecule has 1 aliphatic rings. The Morgan fingerprint density at radius 3 is 3.05 bits per heavy atom. The standard InChI is InChI=1S/C14H16ClN3O/c1-17-14(19)10-4-3-7-18(9-10)13-6-2-5-12(15)11(13)8-16/h2,5-6,10H,3-4,7,9H2,1H3,(H,17,19). The summed E-state index contributed by atoms with van der Waals surface area (Å²) in [5.41, 5.74) is 1.31. The first-order valence-electron chi connectivity index (χ1n) is 6.32. The van der Waals surface area contributed by atoms with Crippen LogP contribution in [0, 0.1) is 17.2 Å². The molecule has 1 saturated heterocycles. The van der Waals surface area contributed by atoms with E-state index in [1.807, 2.05) is 12.1 Å². The van der Waals surface area contributed by atoms with Crippen LogP contribution in [0.3, 0.4) is 0 Å². The lowest BCUT2D eigenvalue weighted by atomic mass is 9.96. The van der Waals surface area contributed by atoms with E-state index in [1.54, 1.807) is 13.1 Å². The largest absolute Gasteiger partial charge is 0.370 e. The zero-order chi connectivity index (χ0) is 13.8. The number of carbonyl (C=O) groups excluding carboxylic acids is 1. The maximum absolute atomic E-state index is 11.7. The first kappa shape index (κ1) is 13.7. The van der Waals surface area contributed by atoms with Gasteiger partial charge in [-0.1, -0.05) is 17.7 Å². The van der Waals surface area contributed by atoms with Crippen LogP contribution in [0.5, 0.6) is 0 Å². The molecule has 2 rings (SSSR count). The van der Waals surface area contributed by atoms with E-state index in [0.717, 1.165) is 25.1 Å². The molecule has 1 atom stereocenters. The van der Waals surface area contributed by atoms with Crippen LogP contribution in [0.1, 0.15) is 18.4 Å². The maximum atomic E-state index is 11.7. The third-order valence-electron chi connectivity index (χ3n) is 3.48. The number of nitriles is 1. The Balaban J connectivity index is 2.25. The van der Waals surface area contributed by atoms with Crippen LogP contribution in [-0.2, 0) is 4.79 Å². The minimum Gasteiger partial charge on any atom is -0.370 e. The van der Waals surface area contributed by atoms with E-state index in [4.69, 9.17) is 11.6 Å². The van der Waals surface area contributed by atoms with Gasteiger partial charge in [0, 0.05) is 20.1 Å². The molecular formula is C14H16ClN3O. The molecule has 0 bridgehead atoms. The molecule has 1 heterocycles. The van der Waals surface area contributed by atoms with Gasteiger partial charge in [0.2, 0.25) is 5.91 Å². The highest BCUT2D eigenvalue weighted by molar-refractivity contribution is 6.32. The average Bonchev–Trinajstić information content (AvgIpc) is 2.46. The van der Waals surface area contributed by atoms with E-state index in [1.165, 1.54) is 0 Å². The van der Waals surface area contributed by atoms with Gasteiger partial charge in [-0.2, -0.15) is 5.26 Å². The second-order valence-electron chi connectivity index (χ2n) is 4.65. The van der Waals surface area contributed by atoms with Gasteiger partial charge in [-0.3, -0.25) is 4.79 Å². The Kier molecular flexibility index (Phi) is 4.28. The molecule has 1 fully saturated rings. The van der Waals surface area contributed by atoms with Crippen molar-refractivity contribution in [3.63, 3.8) is 0 Å². The number of piperidine rings is 1. The molecular weight excluding hydrogens is 262 g/mol. The fraction of sp³-hybridized carbons (Fsp3) is 0.429. The van der Waals surface area contributed by atoms with E-state index < -0.39 is 0 Å². The summed E-state index contributed by atoms with van der Waals surface area (Å²) >= 11 is 6.05. The molecule has 1 amide bonds. The predicted octanol–water partition coefficient (Wildman–Crippen LogP) is 2.17. The fourth-order valence-corrected chi connectivity index (χ4v) is 2.71. The van der Waals surface area contributed by atoms with Crippen molar-refractivity contribution >= 4 is 23.2 Å². The number of anilines is 1. The molecule has 1 N–H and O–H groups in total. The summed E-state index contributed by atoms with van der Waals surface area (Å²) in [4.78, 5) is 13.8. The number of hydrogen-bond acceptors (Lipinski definition) is 3. The Hall–Kier alpha value is -1.73. The van der Waals surface area contributed by atoms with Gasteiger partial charge in [-0.25, -0.2) is 0 Å². The highest BCUT2D eigenvalue weighted by atomic mass is 35.5. The minimum atomic E-state index is -0.0238. The normalized spacial score (nSPS) is 18.8. The van der Waals surface area contributed by atoms with Gasteiger partial charge in [0.05, 0.1) is 22.2 Å². The number of nitrogens with one attached hydrogen (secondary N) is 1. The number of halogens is 1. The van der Waals surface area contributed by atoms with Gasteiger partial charge in [0.15, 0.2) is 0 Å². The van der Waals surface area contributed by atoms with Crippen LogP contribution < -0.4 is 10.2 Å². The maximum Gasteiger partial charge on any atom is 0.224 e. The number of rotatable bonds is 2. The molecule has 1 aromatic rings. The number of carbonyl (C=O) groups is 1. The Morgan fingerprint density at radius 2 is 2.37 bits per heavy atom. The van der Waals surface area contributed by atoms with E-state index in [9.17, 15) is 10.1 Å². The summed E-state index contributed by atoms with van der Waals surface area (Å²) in [5.74, 6) is 0.0366. The molecule has 5 heteroatoms. The summed E-state index contributed by atoms with van der Waals surface area (Å²) in [6.07, 6.45) is 1.83. The number of benzene rings is 1. The zero-order valence-corrected chi connectivity index (χ0v) is 11.6. The number of hydrogen-bond donors (Lipinski definition) is 1. The van der Waals surface area contributed by atoms with Crippen LogP contribution in [-0.4, -0.2) is 26.0 Å². The van der Waals surface area contributed by atoms with Crippen molar-refractivity contribution in [2.45, 2.75) is 12.8 Å². The molecule has 1 unspecified atom stereocenters. The summed E-state index contributed by atoms with van der Waals surface area (Å²) < 4.78 is 0. The van der Waals surface area contributed by atoms with Crippen molar-refractivity contribution in [3.05, 3.63) is 28.8 Å². The predicted molar refractivity (Wildman–Crippen MR) is 75.2 cm³/mol. The Morgan fingerprint density at radius 1 is 1.58 bits per heavy atom. The van der Waals surface area contributed by atoms with Crippen molar-refractivity contribution in [3.8, 4) is 6.07 Å². The van der Waals surface area contributed by atoms with Crippen molar-refractivity contribution in [1.29, 1.82) is 5.26 Å². The molecule has 4 nitrogen and oxygen atoms in total. The Bertz CT molecular complexity index is 524. The van der Waals surface area contributed by atoms with Crippen molar-refractivity contribution < 1.29 is 4.79 Å². The lowest BCUT2D eigenvalue weighted by Gasteiger charge is -2.34. The van der Waals surface area contributed by atoms with Gasteiger partial charge >= 0.3 is 0 Å². The molecule has 0 aromatic heterocycles. The molecule has 100 valence electrons. The summed E-state index contributed by atoms with van der Waals surface area (Å²) in [5, 5.41) is 12.4. The topological polar surface area (TPSA) is 56.1 Å². The van der Waals surface area contributed by atoms with Crippen LogP contribution in [0.25, 0.3) is 0 Å². The van der Waals surface area contributed by atoms with Crippen molar-refractivity contribution in [1.82, 2.24) is 5.32 Å². The first-order valence-corrected chi connectivity index (χ1v) is 6.70. The van der Waals surface area contributed by atoms with Crippen LogP contribution >= 0.6 is 11.6 Å². The van der Waals surface area contributed by atoms with Crippen LogP contribution in [0.2, 0.25) is 5.02 Å². The van der Waals surface area contributed by atoms with E-state index in [0.29, 0.717) is 17.1 Å². The summed E-state index contributed by atoms with van der Waals surface area (Å²) in [6.45, 7) is 1.48. The number of nitrogens with zero attached hydrogens (tertiary/aromatic N) is 2. The molecule has 0 radical (unpaired) electrons. The Labute approximate surface area is 118 Å². The summed E-state index contributed by atoms with van der Waals surface area (Å²) in [7, 11) is 1.65. The lowest BCUT2D eigenvalue weighted by Crippen LogP contribution is -2.42. The molecule has 1 aromatic carbocycles. The SMILES string of the molecule is CNC(=O)C1CCCN(c2cccc(Cl)c2C#N)C1. The van der Waals surface area contributed by atoms with E-state index in [2.05, 4.69) is 16.3 Å². The first-order chi connectivity index (χ1) is 9.17. The van der Waals surface area contributed by atoms with Crippen molar-refractivity contribution in [2.75, 3.05) is 25.0 Å². The second-order valence-corrected chi connectivity index (χ2v) is 5.05. The molecule has 0 spiro atoms. The van der Waals surface area contributed by atoms with Crippen molar-refractivity contribution in [2.24, 2.45) is 5.92 Å². The van der Waals surface area contributed by atoms with Gasteiger partial charge in [0.1, 0.15) is 6.07 Å². The lowest BCUT2D eigenvalue weighted by molar-refractivity contribution is -0.124. The van der Waals surface area contributed by atoms with E-state index >= 15 is 0 Å². The highest BCUT2D eigenvalue weighted by Crippen LogP contribution is 2.30. The van der Waals surface area contributed by atoms with Gasteiger partial charge in [0.25, 0.3) is 0 Å². The van der Waals surface area contributed by atoms with Crippen LogP contribution in [0.4, 0.5) is 5.69 Å². The molecule has 0 saturated carbocycles. The quantitative estimate of drug-likeness (QED) is 0.901. The molecule has 0 aliphatic carbocycles. The van der Waals surface area contributed by atoms with Crippen LogP contribution in [0.15, 0.2) is 18.2 Å². The summed E-state index contributed by atoms with van der Waals surface area (Å²) in [6, 6.07) is 7.58. The minimum absolute atomic E-state index is 0.0238. The van der Waals surface area contributed by atoms with Gasteiger partial charge in [-0.15, -0.1) is 0 Å². The fourth-order valence-electron chi connectivity index (χ4n) is 2.50. The monoisotopic (exact) mass is 277 g/mol. The zero-order valence-electron chi connectivity index (χ0n) is 10.8. The third-order valence-corrected chi connectivity index (χ3v) is 3.80. The van der Waals surface area contributed by atoms with Gasteiger partial charge in [-0.05, 0) is 25.0 Å². The smallest absolute Gasteiger partial charge is 0.224 e. The van der Waals surface area contributed by atoms with E-state index in [-0.39, 0.29) is 11.8 Å². The second kappa shape index (κ2) is 5.94.